The molecular weight excluding hydrogens is 312 g/mol. The van der Waals surface area contributed by atoms with Crippen molar-refractivity contribution in [1.82, 2.24) is 18.7 Å². The van der Waals surface area contributed by atoms with Gasteiger partial charge < -0.3 is 0 Å². The second kappa shape index (κ2) is 5.77. The van der Waals surface area contributed by atoms with Crippen molar-refractivity contribution in [3.63, 3.8) is 0 Å². The number of allylic oxidation sites excluding steroid dienone is 1. The summed E-state index contributed by atoms with van der Waals surface area (Å²) in [7, 11) is 3.17. The number of imidazole rings is 1. The number of hydrogen-bond donors (Lipinski definition) is 0. The molecule has 0 aliphatic heterocycles. The molecule has 0 aliphatic rings. The lowest BCUT2D eigenvalue weighted by atomic mass is 10.2. The summed E-state index contributed by atoms with van der Waals surface area (Å²) in [6, 6.07) is 9.50. The molecule has 3 aromatic rings. The third-order valence-corrected chi connectivity index (χ3v) is 4.07. The average molecular weight is 326 g/mol. The number of nitrogens with zero attached hydrogens (tertiary/aromatic N) is 4. The van der Waals surface area contributed by atoms with E-state index in [1.807, 2.05) is 30.3 Å². The lowest BCUT2D eigenvalue weighted by Crippen LogP contribution is -2.28. The summed E-state index contributed by atoms with van der Waals surface area (Å²) >= 11 is 5.29. The van der Waals surface area contributed by atoms with Crippen LogP contribution in [-0.4, -0.2) is 24.6 Å². The molecule has 0 aliphatic carbocycles. The van der Waals surface area contributed by atoms with E-state index >= 15 is 0 Å². The summed E-state index contributed by atoms with van der Waals surface area (Å²) in [5.74, 6) is -0.277. The van der Waals surface area contributed by atoms with E-state index in [1.165, 1.54) is 26.1 Å². The van der Waals surface area contributed by atoms with E-state index < -0.39 is 0 Å². The molecule has 0 spiro atoms. The van der Waals surface area contributed by atoms with E-state index in [4.69, 9.17) is 12.2 Å². The molecule has 23 heavy (non-hydrogen) atoms. The fourth-order valence-corrected chi connectivity index (χ4v) is 2.59. The van der Waals surface area contributed by atoms with Gasteiger partial charge in [-0.1, -0.05) is 42.5 Å². The Kier molecular flexibility index (Phi) is 3.79. The molecule has 3 rings (SSSR count). The van der Waals surface area contributed by atoms with Crippen LogP contribution in [0.5, 0.6) is 0 Å². The second-order valence-corrected chi connectivity index (χ2v) is 5.46. The van der Waals surface area contributed by atoms with Crippen LogP contribution in [0, 0.1) is 4.64 Å². The molecule has 2 heterocycles. The van der Waals surface area contributed by atoms with E-state index in [-0.39, 0.29) is 16.2 Å². The lowest BCUT2D eigenvalue weighted by molar-refractivity contribution is 0.0974. The van der Waals surface area contributed by atoms with Gasteiger partial charge in [0.2, 0.25) is 0 Å². The molecule has 0 fully saturated rings. The van der Waals surface area contributed by atoms with Gasteiger partial charge in [-0.15, -0.1) is 0 Å². The van der Waals surface area contributed by atoms with Crippen molar-refractivity contribution >= 4 is 35.4 Å². The van der Waals surface area contributed by atoms with Crippen LogP contribution < -0.4 is 5.69 Å². The first-order valence-corrected chi connectivity index (χ1v) is 7.32. The van der Waals surface area contributed by atoms with Crippen molar-refractivity contribution in [3.05, 3.63) is 63.4 Å². The predicted molar refractivity (Wildman–Crippen MR) is 90.9 cm³/mol. The van der Waals surface area contributed by atoms with Gasteiger partial charge in [-0.2, -0.15) is 0 Å². The molecule has 1 aromatic carbocycles. The molecule has 0 bridgehead atoms. The van der Waals surface area contributed by atoms with Crippen LogP contribution in [0.1, 0.15) is 10.4 Å². The van der Waals surface area contributed by atoms with Gasteiger partial charge in [-0.05, 0) is 11.6 Å². The molecule has 6 nitrogen and oxygen atoms in total. The molecule has 0 saturated carbocycles. The largest absolute Gasteiger partial charge is 0.330 e. The number of carbonyl (C=O) groups is 1. The van der Waals surface area contributed by atoms with Crippen molar-refractivity contribution in [2.45, 2.75) is 0 Å². The third kappa shape index (κ3) is 2.55. The highest BCUT2D eigenvalue weighted by Gasteiger charge is 2.14. The zero-order chi connectivity index (χ0) is 16.6. The Morgan fingerprint density at radius 1 is 1.17 bits per heavy atom. The van der Waals surface area contributed by atoms with Crippen LogP contribution in [0.15, 0.2) is 47.5 Å². The standard InChI is InChI=1S/C16H14N4O2S/c1-18-14-13(15(23)19(2)16(18)22)20(10-17-14)12(21)9-8-11-6-4-3-5-7-11/h3-10H,1-2H3/b9-8+. The SMILES string of the molecule is Cn1c(=S)c2c(ncn2C(=O)/C=C/c2ccccc2)n(C)c1=O. The van der Waals surface area contributed by atoms with E-state index in [0.717, 1.165) is 5.56 Å². The summed E-state index contributed by atoms with van der Waals surface area (Å²) in [6.07, 6.45) is 4.56. The van der Waals surface area contributed by atoms with Crippen LogP contribution in [0.2, 0.25) is 0 Å². The molecule has 0 unspecified atom stereocenters. The molecule has 0 saturated heterocycles. The van der Waals surface area contributed by atoms with Crippen molar-refractivity contribution in [2.24, 2.45) is 14.1 Å². The van der Waals surface area contributed by atoms with Crippen molar-refractivity contribution in [3.8, 4) is 0 Å². The van der Waals surface area contributed by atoms with Gasteiger partial charge in [-0.3, -0.25) is 18.5 Å². The Balaban J connectivity index is 2.11. The first-order chi connectivity index (χ1) is 11.0. The highest BCUT2D eigenvalue weighted by Crippen LogP contribution is 2.12. The highest BCUT2D eigenvalue weighted by molar-refractivity contribution is 7.71. The maximum absolute atomic E-state index is 12.4. The number of hydrogen-bond acceptors (Lipinski definition) is 4. The molecule has 7 heteroatoms. The normalized spacial score (nSPS) is 11.4. The molecule has 0 radical (unpaired) electrons. The Morgan fingerprint density at radius 3 is 2.57 bits per heavy atom. The quantitative estimate of drug-likeness (QED) is 0.535. The van der Waals surface area contributed by atoms with Crippen LogP contribution in [0.4, 0.5) is 0 Å². The van der Waals surface area contributed by atoms with Crippen molar-refractivity contribution in [2.75, 3.05) is 0 Å². The smallest absolute Gasteiger partial charge is 0.286 e. The Bertz CT molecular complexity index is 1040. The van der Waals surface area contributed by atoms with E-state index in [9.17, 15) is 9.59 Å². The summed E-state index contributed by atoms with van der Waals surface area (Å²) in [5, 5.41) is 0. The Hall–Kier alpha value is -2.80. The summed E-state index contributed by atoms with van der Waals surface area (Å²) in [6.45, 7) is 0. The minimum absolute atomic E-state index is 0.277. The number of aryl methyl sites for hydroxylation is 1. The fourth-order valence-electron chi connectivity index (χ4n) is 2.32. The fraction of sp³-hybridized carbons (Fsp3) is 0.125. The van der Waals surface area contributed by atoms with Gasteiger partial charge in [0.15, 0.2) is 5.65 Å². The topological polar surface area (TPSA) is 61.8 Å². The van der Waals surface area contributed by atoms with Gasteiger partial charge in [0, 0.05) is 20.2 Å². The van der Waals surface area contributed by atoms with Crippen molar-refractivity contribution < 1.29 is 4.79 Å². The number of carbonyl (C=O) groups excluding carboxylic acids is 1. The van der Waals surface area contributed by atoms with Crippen LogP contribution >= 0.6 is 12.2 Å². The van der Waals surface area contributed by atoms with Crippen LogP contribution in [0.3, 0.4) is 0 Å². The molecule has 0 amide bonds. The lowest BCUT2D eigenvalue weighted by Gasteiger charge is -2.05. The molecular formula is C16H14N4O2S. The zero-order valence-corrected chi connectivity index (χ0v) is 13.4. The number of rotatable bonds is 2. The maximum atomic E-state index is 12.4. The Labute approximate surface area is 136 Å². The van der Waals surface area contributed by atoms with E-state index in [1.54, 1.807) is 20.2 Å². The predicted octanol–water partition coefficient (Wildman–Crippen LogP) is 2.16. The first-order valence-electron chi connectivity index (χ1n) is 6.91. The summed E-state index contributed by atoms with van der Waals surface area (Å²) in [5.41, 5.74) is 1.48. The summed E-state index contributed by atoms with van der Waals surface area (Å²) in [4.78, 5) is 28.6. The number of aromatic nitrogens is 4. The molecule has 2 aromatic heterocycles. The molecule has 116 valence electrons. The van der Waals surface area contributed by atoms with Crippen molar-refractivity contribution in [1.29, 1.82) is 0 Å². The van der Waals surface area contributed by atoms with Crippen LogP contribution in [-0.2, 0) is 14.1 Å². The second-order valence-electron chi connectivity index (χ2n) is 5.07. The minimum Gasteiger partial charge on any atom is -0.286 e. The highest BCUT2D eigenvalue weighted by atomic mass is 32.1. The minimum atomic E-state index is -0.278. The van der Waals surface area contributed by atoms with Gasteiger partial charge in [0.1, 0.15) is 16.5 Å². The maximum Gasteiger partial charge on any atom is 0.330 e. The third-order valence-electron chi connectivity index (χ3n) is 3.60. The van der Waals surface area contributed by atoms with Gasteiger partial charge in [-0.25, -0.2) is 9.78 Å². The summed E-state index contributed by atoms with van der Waals surface area (Å²) < 4.78 is 4.33. The van der Waals surface area contributed by atoms with E-state index in [0.29, 0.717) is 11.2 Å². The van der Waals surface area contributed by atoms with E-state index in [2.05, 4.69) is 4.98 Å². The molecule has 0 N–H and O–H groups in total. The zero-order valence-electron chi connectivity index (χ0n) is 12.6. The molecule has 0 atom stereocenters. The first kappa shape index (κ1) is 15.1. The van der Waals surface area contributed by atoms with Crippen LogP contribution in [0.25, 0.3) is 17.2 Å². The average Bonchev–Trinajstić information content (AvgIpc) is 3.02. The number of fused-ring (bicyclic) bond motifs is 1. The monoisotopic (exact) mass is 326 g/mol. The van der Waals surface area contributed by atoms with Gasteiger partial charge in [0.25, 0.3) is 5.91 Å². The number of benzene rings is 1. The van der Waals surface area contributed by atoms with Gasteiger partial charge >= 0.3 is 5.69 Å². The Morgan fingerprint density at radius 2 is 1.87 bits per heavy atom. The van der Waals surface area contributed by atoms with Gasteiger partial charge in [0.05, 0.1) is 0 Å².